The molecule has 15 heavy (non-hydrogen) atoms. The minimum absolute atomic E-state index is 0.332. The van der Waals surface area contributed by atoms with Crippen molar-refractivity contribution in [2.45, 2.75) is 6.10 Å². The maximum absolute atomic E-state index is 9.54. The highest BCUT2D eigenvalue weighted by molar-refractivity contribution is 9.10. The summed E-state index contributed by atoms with van der Waals surface area (Å²) in [5.41, 5.74) is 0. The average molecular weight is 275 g/mol. The maximum Gasteiger partial charge on any atom is 0.129 e. The molecule has 4 nitrogen and oxygen atoms in total. The molecule has 1 N–H and O–H groups in total. The van der Waals surface area contributed by atoms with Crippen LogP contribution in [0.4, 0.5) is 5.82 Å². The van der Waals surface area contributed by atoms with Crippen LogP contribution in [0.5, 0.6) is 0 Å². The Bertz CT molecular complexity index is 309. The summed E-state index contributed by atoms with van der Waals surface area (Å²) in [6.07, 6.45) is 1.22. The molecule has 0 spiro atoms. The van der Waals surface area contributed by atoms with E-state index in [0.717, 1.165) is 10.3 Å². The van der Waals surface area contributed by atoms with Gasteiger partial charge in [-0.2, -0.15) is 0 Å². The minimum Gasteiger partial charge on any atom is -0.389 e. The van der Waals surface area contributed by atoms with Crippen LogP contribution < -0.4 is 4.90 Å². The van der Waals surface area contributed by atoms with E-state index in [4.69, 9.17) is 4.74 Å². The zero-order chi connectivity index (χ0) is 11.3. The third kappa shape index (κ3) is 4.15. The predicted molar refractivity (Wildman–Crippen MR) is 63.1 cm³/mol. The van der Waals surface area contributed by atoms with Gasteiger partial charge >= 0.3 is 0 Å². The van der Waals surface area contributed by atoms with Gasteiger partial charge in [-0.1, -0.05) is 15.9 Å². The molecule has 0 aliphatic heterocycles. The van der Waals surface area contributed by atoms with Crippen molar-refractivity contribution in [2.24, 2.45) is 0 Å². The molecular weight excluding hydrogens is 260 g/mol. The molecule has 0 aliphatic rings. The molecule has 84 valence electrons. The molecule has 0 aliphatic carbocycles. The molecule has 1 heterocycles. The molecule has 5 heteroatoms. The van der Waals surface area contributed by atoms with Gasteiger partial charge in [0.05, 0.1) is 12.7 Å². The fraction of sp³-hybridized carbons (Fsp3) is 0.500. The molecule has 1 aromatic heterocycles. The van der Waals surface area contributed by atoms with E-state index in [1.54, 1.807) is 13.3 Å². The van der Waals surface area contributed by atoms with Gasteiger partial charge in [0.15, 0.2) is 0 Å². The second kappa shape index (κ2) is 6.05. The number of likely N-dealkylation sites (N-methyl/N-ethyl adjacent to an activating group) is 1. The average Bonchev–Trinajstić information content (AvgIpc) is 2.18. The second-order valence-corrected chi connectivity index (χ2v) is 4.24. The Balaban J connectivity index is 2.56. The number of rotatable bonds is 5. The molecule has 0 saturated carbocycles. The number of aromatic nitrogens is 1. The molecule has 1 unspecified atom stereocenters. The van der Waals surface area contributed by atoms with Crippen molar-refractivity contribution in [2.75, 3.05) is 32.2 Å². The fourth-order valence-electron chi connectivity index (χ4n) is 1.26. The largest absolute Gasteiger partial charge is 0.389 e. The summed E-state index contributed by atoms with van der Waals surface area (Å²) < 4.78 is 5.83. The molecular formula is C10H15BrN2O2. The first-order chi connectivity index (χ1) is 7.13. The van der Waals surface area contributed by atoms with E-state index < -0.39 is 6.10 Å². The van der Waals surface area contributed by atoms with Gasteiger partial charge in [-0.25, -0.2) is 4.98 Å². The summed E-state index contributed by atoms with van der Waals surface area (Å²) >= 11 is 3.37. The Morgan fingerprint density at radius 1 is 1.67 bits per heavy atom. The fourth-order valence-corrected chi connectivity index (χ4v) is 1.58. The Kier molecular flexibility index (Phi) is 5.01. The van der Waals surface area contributed by atoms with Gasteiger partial charge in [-0.15, -0.1) is 0 Å². The highest BCUT2D eigenvalue weighted by Crippen LogP contribution is 2.15. The lowest BCUT2D eigenvalue weighted by atomic mass is 10.3. The maximum atomic E-state index is 9.54. The number of pyridine rings is 1. The molecule has 0 fully saturated rings. The number of aliphatic hydroxyl groups is 1. The van der Waals surface area contributed by atoms with Crippen LogP contribution in [-0.2, 0) is 4.74 Å². The molecule has 0 aromatic carbocycles. The van der Waals surface area contributed by atoms with E-state index in [1.165, 1.54) is 0 Å². The summed E-state index contributed by atoms with van der Waals surface area (Å²) in [5, 5.41) is 9.54. The van der Waals surface area contributed by atoms with Gasteiger partial charge < -0.3 is 14.7 Å². The highest BCUT2D eigenvalue weighted by atomic mass is 79.9. The third-order valence-corrected chi connectivity index (χ3v) is 2.44. The number of anilines is 1. The number of halogens is 1. The number of hydrogen-bond donors (Lipinski definition) is 1. The first-order valence-corrected chi connectivity index (χ1v) is 5.42. The van der Waals surface area contributed by atoms with Gasteiger partial charge in [0.25, 0.3) is 0 Å². The summed E-state index contributed by atoms with van der Waals surface area (Å²) in [6, 6.07) is 3.77. The summed E-state index contributed by atoms with van der Waals surface area (Å²) in [6.45, 7) is 0.829. The SMILES string of the molecule is COCC(O)CN(C)c1cc(Br)ccn1. The van der Waals surface area contributed by atoms with Crippen LogP contribution in [0.25, 0.3) is 0 Å². The number of methoxy groups -OCH3 is 1. The van der Waals surface area contributed by atoms with Gasteiger partial charge in [-0.3, -0.25) is 0 Å². The first-order valence-electron chi connectivity index (χ1n) is 4.63. The Hall–Kier alpha value is -0.650. The van der Waals surface area contributed by atoms with Gasteiger partial charge in [0.2, 0.25) is 0 Å². The normalized spacial score (nSPS) is 12.5. The quantitative estimate of drug-likeness (QED) is 0.879. The van der Waals surface area contributed by atoms with Gasteiger partial charge in [0.1, 0.15) is 5.82 Å². The standard InChI is InChI=1S/C10H15BrN2O2/c1-13(6-9(14)7-15-2)10-5-8(11)3-4-12-10/h3-5,9,14H,6-7H2,1-2H3. The van der Waals surface area contributed by atoms with E-state index >= 15 is 0 Å². The lowest BCUT2D eigenvalue weighted by Crippen LogP contribution is -2.32. The molecule has 0 saturated heterocycles. The van der Waals surface area contributed by atoms with Crippen molar-refractivity contribution >= 4 is 21.7 Å². The Labute approximate surface area is 98.0 Å². The smallest absolute Gasteiger partial charge is 0.129 e. The number of ether oxygens (including phenoxy) is 1. The lowest BCUT2D eigenvalue weighted by Gasteiger charge is -2.21. The highest BCUT2D eigenvalue weighted by Gasteiger charge is 2.09. The van der Waals surface area contributed by atoms with Crippen molar-refractivity contribution in [1.29, 1.82) is 0 Å². The van der Waals surface area contributed by atoms with E-state index in [-0.39, 0.29) is 0 Å². The molecule has 1 rings (SSSR count). The van der Waals surface area contributed by atoms with Crippen molar-refractivity contribution in [3.05, 3.63) is 22.8 Å². The molecule has 1 aromatic rings. The lowest BCUT2D eigenvalue weighted by molar-refractivity contribution is 0.0694. The zero-order valence-corrected chi connectivity index (χ0v) is 10.4. The van der Waals surface area contributed by atoms with Crippen LogP contribution in [-0.4, -0.2) is 43.5 Å². The molecule has 0 amide bonds. The summed E-state index contributed by atoms with van der Waals surface area (Å²) in [7, 11) is 3.45. The third-order valence-electron chi connectivity index (χ3n) is 1.94. The van der Waals surface area contributed by atoms with Crippen molar-refractivity contribution in [3.8, 4) is 0 Å². The second-order valence-electron chi connectivity index (χ2n) is 3.32. The van der Waals surface area contributed by atoms with Crippen molar-refractivity contribution < 1.29 is 9.84 Å². The van der Waals surface area contributed by atoms with Crippen LogP contribution in [0.15, 0.2) is 22.8 Å². The molecule has 0 bridgehead atoms. The Morgan fingerprint density at radius 3 is 3.00 bits per heavy atom. The van der Waals surface area contributed by atoms with Crippen LogP contribution in [0.1, 0.15) is 0 Å². The number of nitrogens with zero attached hydrogens (tertiary/aromatic N) is 2. The Morgan fingerprint density at radius 2 is 2.40 bits per heavy atom. The van der Waals surface area contributed by atoms with Crippen LogP contribution in [0, 0.1) is 0 Å². The van der Waals surface area contributed by atoms with Crippen LogP contribution in [0.3, 0.4) is 0 Å². The predicted octanol–water partition coefficient (Wildman–Crippen LogP) is 1.29. The molecule has 0 radical (unpaired) electrons. The number of hydrogen-bond acceptors (Lipinski definition) is 4. The van der Waals surface area contributed by atoms with Gasteiger partial charge in [-0.05, 0) is 12.1 Å². The zero-order valence-electron chi connectivity index (χ0n) is 8.85. The summed E-state index contributed by atoms with van der Waals surface area (Å²) in [4.78, 5) is 6.08. The monoisotopic (exact) mass is 274 g/mol. The molecule has 1 atom stereocenters. The van der Waals surface area contributed by atoms with E-state index in [1.807, 2.05) is 24.1 Å². The van der Waals surface area contributed by atoms with Gasteiger partial charge in [0, 0.05) is 31.4 Å². The summed E-state index contributed by atoms with van der Waals surface area (Å²) in [5.74, 6) is 0.819. The van der Waals surface area contributed by atoms with E-state index in [9.17, 15) is 5.11 Å². The first kappa shape index (κ1) is 12.4. The minimum atomic E-state index is -0.499. The van der Waals surface area contributed by atoms with Crippen LogP contribution in [0.2, 0.25) is 0 Å². The van der Waals surface area contributed by atoms with E-state index in [2.05, 4.69) is 20.9 Å². The van der Waals surface area contributed by atoms with Crippen LogP contribution >= 0.6 is 15.9 Å². The number of aliphatic hydroxyl groups excluding tert-OH is 1. The van der Waals surface area contributed by atoms with Crippen molar-refractivity contribution in [3.63, 3.8) is 0 Å². The van der Waals surface area contributed by atoms with E-state index in [0.29, 0.717) is 13.2 Å². The van der Waals surface area contributed by atoms with Crippen molar-refractivity contribution in [1.82, 2.24) is 4.98 Å². The topological polar surface area (TPSA) is 45.6 Å².